The summed E-state index contributed by atoms with van der Waals surface area (Å²) < 4.78 is 0. The van der Waals surface area contributed by atoms with Crippen LogP contribution in [0.15, 0.2) is 65.8 Å². The van der Waals surface area contributed by atoms with Gasteiger partial charge in [0.25, 0.3) is 0 Å². The van der Waals surface area contributed by atoms with Gasteiger partial charge in [-0.3, -0.25) is 4.79 Å². The molecular formula is C19H19N5OS. The predicted octanol–water partition coefficient (Wildman–Crippen LogP) is 3.43. The molecule has 7 heteroatoms. The number of nitrogen functional groups attached to an aromatic ring is 2. The molecule has 0 spiro atoms. The van der Waals surface area contributed by atoms with E-state index in [-0.39, 0.29) is 17.5 Å². The number of carbonyl (C=O) groups excluding carboxylic acids is 1. The maximum Gasteiger partial charge on any atom is 0.237 e. The van der Waals surface area contributed by atoms with E-state index in [0.29, 0.717) is 5.16 Å². The Balaban J connectivity index is 1.76. The standard InChI is InChI=1S/C19H19N5OS/c1-12(26-19-23-16(20)11-17(21)24-19)18(25)22-15-10-6-5-9-14(15)13-7-3-2-4-8-13/h2-12H,1H3,(H,22,25)(H4,20,21,23,24)/t12-/m0/s1. The Hall–Kier alpha value is -3.06. The minimum atomic E-state index is -0.417. The third-order valence-electron chi connectivity index (χ3n) is 3.67. The van der Waals surface area contributed by atoms with Crippen molar-refractivity contribution in [3.8, 4) is 11.1 Å². The van der Waals surface area contributed by atoms with Crippen LogP contribution in [0.1, 0.15) is 6.92 Å². The summed E-state index contributed by atoms with van der Waals surface area (Å²) >= 11 is 1.21. The number of thioether (sulfide) groups is 1. The number of hydrogen-bond acceptors (Lipinski definition) is 6. The Bertz CT molecular complexity index is 897. The Morgan fingerprint density at radius 1 is 1.00 bits per heavy atom. The van der Waals surface area contributed by atoms with Crippen LogP contribution < -0.4 is 16.8 Å². The zero-order chi connectivity index (χ0) is 18.5. The molecule has 0 saturated heterocycles. The molecule has 0 saturated carbocycles. The molecular weight excluding hydrogens is 346 g/mol. The third-order valence-corrected chi connectivity index (χ3v) is 4.63. The summed E-state index contributed by atoms with van der Waals surface area (Å²) in [4.78, 5) is 20.8. The molecule has 1 atom stereocenters. The second-order valence-electron chi connectivity index (χ2n) is 5.66. The molecule has 3 aromatic rings. The number of aromatic nitrogens is 2. The number of amides is 1. The Labute approximate surface area is 156 Å². The average Bonchev–Trinajstić information content (AvgIpc) is 2.62. The van der Waals surface area contributed by atoms with Crippen molar-refractivity contribution in [2.24, 2.45) is 0 Å². The van der Waals surface area contributed by atoms with E-state index in [2.05, 4.69) is 15.3 Å². The van der Waals surface area contributed by atoms with E-state index < -0.39 is 5.25 Å². The zero-order valence-corrected chi connectivity index (χ0v) is 15.0. The molecule has 1 amide bonds. The highest BCUT2D eigenvalue weighted by atomic mass is 32.2. The van der Waals surface area contributed by atoms with Gasteiger partial charge in [-0.1, -0.05) is 60.3 Å². The van der Waals surface area contributed by atoms with Crippen LogP contribution in [0.3, 0.4) is 0 Å². The number of benzene rings is 2. The SMILES string of the molecule is C[C@H](Sc1nc(N)cc(N)n1)C(=O)Nc1ccccc1-c1ccccc1. The minimum absolute atomic E-state index is 0.150. The normalized spacial score (nSPS) is 11.7. The van der Waals surface area contributed by atoms with Crippen LogP contribution in [0.25, 0.3) is 11.1 Å². The molecule has 0 aliphatic rings. The summed E-state index contributed by atoms with van der Waals surface area (Å²) in [7, 11) is 0. The molecule has 0 radical (unpaired) electrons. The lowest BCUT2D eigenvalue weighted by molar-refractivity contribution is -0.115. The molecule has 0 aliphatic carbocycles. The van der Waals surface area contributed by atoms with E-state index in [9.17, 15) is 4.79 Å². The van der Waals surface area contributed by atoms with Crippen LogP contribution in [0, 0.1) is 0 Å². The Kier molecular flexibility index (Phi) is 5.38. The predicted molar refractivity (Wildman–Crippen MR) is 107 cm³/mol. The van der Waals surface area contributed by atoms with Crippen LogP contribution in [0.4, 0.5) is 17.3 Å². The fourth-order valence-electron chi connectivity index (χ4n) is 2.42. The van der Waals surface area contributed by atoms with Crippen molar-refractivity contribution in [1.82, 2.24) is 9.97 Å². The molecule has 0 fully saturated rings. The first-order valence-electron chi connectivity index (χ1n) is 8.05. The number of para-hydroxylation sites is 1. The number of rotatable bonds is 5. The van der Waals surface area contributed by atoms with Gasteiger partial charge in [0.05, 0.1) is 5.25 Å². The molecule has 0 unspecified atom stereocenters. The van der Waals surface area contributed by atoms with Gasteiger partial charge in [-0.2, -0.15) is 0 Å². The average molecular weight is 365 g/mol. The van der Waals surface area contributed by atoms with E-state index in [4.69, 9.17) is 11.5 Å². The van der Waals surface area contributed by atoms with Crippen molar-refractivity contribution in [3.63, 3.8) is 0 Å². The summed E-state index contributed by atoms with van der Waals surface area (Å²) in [5.41, 5.74) is 14.1. The van der Waals surface area contributed by atoms with Gasteiger partial charge in [0.2, 0.25) is 5.91 Å². The number of nitrogens with zero attached hydrogens (tertiary/aromatic N) is 2. The molecule has 0 aliphatic heterocycles. The molecule has 26 heavy (non-hydrogen) atoms. The van der Waals surface area contributed by atoms with Crippen molar-refractivity contribution in [3.05, 3.63) is 60.7 Å². The smallest absolute Gasteiger partial charge is 0.237 e. The van der Waals surface area contributed by atoms with Crippen LogP contribution in [-0.2, 0) is 4.79 Å². The largest absolute Gasteiger partial charge is 0.383 e. The molecule has 5 N–H and O–H groups in total. The second kappa shape index (κ2) is 7.88. The summed E-state index contributed by atoms with van der Waals surface area (Å²) in [6, 6.07) is 19.1. The van der Waals surface area contributed by atoms with Gasteiger partial charge < -0.3 is 16.8 Å². The summed E-state index contributed by atoms with van der Waals surface area (Å²) in [6.07, 6.45) is 0. The van der Waals surface area contributed by atoms with Gasteiger partial charge in [0.1, 0.15) is 11.6 Å². The van der Waals surface area contributed by atoms with Gasteiger partial charge in [-0.25, -0.2) is 9.97 Å². The molecule has 2 aromatic carbocycles. The topological polar surface area (TPSA) is 107 Å². The van der Waals surface area contributed by atoms with Crippen LogP contribution in [0.2, 0.25) is 0 Å². The lowest BCUT2D eigenvalue weighted by Crippen LogP contribution is -2.23. The monoisotopic (exact) mass is 365 g/mol. The van der Waals surface area contributed by atoms with Gasteiger partial charge in [0, 0.05) is 17.3 Å². The first-order valence-corrected chi connectivity index (χ1v) is 8.93. The highest BCUT2D eigenvalue weighted by Crippen LogP contribution is 2.29. The fourth-order valence-corrected chi connectivity index (χ4v) is 3.22. The third kappa shape index (κ3) is 4.31. The van der Waals surface area contributed by atoms with Crippen LogP contribution in [-0.4, -0.2) is 21.1 Å². The molecule has 1 heterocycles. The van der Waals surface area contributed by atoms with Crippen molar-refractivity contribution < 1.29 is 4.79 Å². The summed E-state index contributed by atoms with van der Waals surface area (Å²) in [5.74, 6) is 0.409. The molecule has 0 bridgehead atoms. The number of carbonyl (C=O) groups is 1. The molecule has 132 valence electrons. The van der Waals surface area contributed by atoms with Gasteiger partial charge in [-0.05, 0) is 18.6 Å². The van der Waals surface area contributed by atoms with Crippen molar-refractivity contribution in [2.45, 2.75) is 17.3 Å². The van der Waals surface area contributed by atoms with E-state index in [1.54, 1.807) is 6.92 Å². The number of anilines is 3. The fraction of sp³-hybridized carbons (Fsp3) is 0.105. The molecule has 3 rings (SSSR count). The highest BCUT2D eigenvalue weighted by molar-refractivity contribution is 8.00. The van der Waals surface area contributed by atoms with Crippen molar-refractivity contribution in [2.75, 3.05) is 16.8 Å². The van der Waals surface area contributed by atoms with Crippen molar-refractivity contribution in [1.29, 1.82) is 0 Å². The quantitative estimate of drug-likeness (QED) is 0.472. The van der Waals surface area contributed by atoms with E-state index in [1.165, 1.54) is 17.8 Å². The Morgan fingerprint density at radius 3 is 2.31 bits per heavy atom. The minimum Gasteiger partial charge on any atom is -0.383 e. The molecule has 6 nitrogen and oxygen atoms in total. The maximum atomic E-state index is 12.6. The highest BCUT2D eigenvalue weighted by Gasteiger charge is 2.18. The van der Waals surface area contributed by atoms with Crippen LogP contribution >= 0.6 is 11.8 Å². The first-order chi connectivity index (χ1) is 12.5. The van der Waals surface area contributed by atoms with Gasteiger partial charge >= 0.3 is 0 Å². The summed E-state index contributed by atoms with van der Waals surface area (Å²) in [5, 5.41) is 2.94. The number of nitrogens with one attached hydrogen (secondary N) is 1. The van der Waals surface area contributed by atoms with E-state index in [0.717, 1.165) is 16.8 Å². The second-order valence-corrected chi connectivity index (χ2v) is 6.97. The van der Waals surface area contributed by atoms with E-state index >= 15 is 0 Å². The molecule has 1 aromatic heterocycles. The lowest BCUT2D eigenvalue weighted by Gasteiger charge is -2.14. The number of nitrogens with two attached hydrogens (primary N) is 2. The van der Waals surface area contributed by atoms with Gasteiger partial charge in [0.15, 0.2) is 5.16 Å². The van der Waals surface area contributed by atoms with Crippen LogP contribution in [0.5, 0.6) is 0 Å². The van der Waals surface area contributed by atoms with E-state index in [1.807, 2.05) is 54.6 Å². The zero-order valence-electron chi connectivity index (χ0n) is 14.2. The Morgan fingerprint density at radius 2 is 1.62 bits per heavy atom. The van der Waals surface area contributed by atoms with Gasteiger partial charge in [-0.15, -0.1) is 0 Å². The summed E-state index contributed by atoms with van der Waals surface area (Å²) in [6.45, 7) is 1.79. The maximum absolute atomic E-state index is 12.6. The van der Waals surface area contributed by atoms with Crippen molar-refractivity contribution >= 4 is 35.0 Å². The number of hydrogen-bond donors (Lipinski definition) is 3. The first kappa shape index (κ1) is 17.8. The lowest BCUT2D eigenvalue weighted by atomic mass is 10.0.